The van der Waals surface area contributed by atoms with Crippen LogP contribution < -0.4 is 0 Å². The predicted molar refractivity (Wildman–Crippen MR) is 69.3 cm³/mol. The highest BCUT2D eigenvalue weighted by atomic mass is 35.5. The van der Waals surface area contributed by atoms with Gasteiger partial charge in [-0.05, 0) is 19.9 Å². The lowest BCUT2D eigenvalue weighted by Crippen LogP contribution is -2.45. The van der Waals surface area contributed by atoms with Gasteiger partial charge in [0.2, 0.25) is 0 Å². The zero-order valence-electron chi connectivity index (χ0n) is 9.69. The molecule has 15 heavy (non-hydrogen) atoms. The number of halogens is 2. The minimum Gasteiger partial charge on any atom is -0.393 e. The van der Waals surface area contributed by atoms with Crippen LogP contribution in [0.25, 0.3) is 0 Å². The summed E-state index contributed by atoms with van der Waals surface area (Å²) in [4.78, 5) is 4.80. The summed E-state index contributed by atoms with van der Waals surface area (Å²) in [5.41, 5.74) is 0. The van der Waals surface area contributed by atoms with Crippen molar-refractivity contribution in [2.45, 2.75) is 25.9 Å². The Balaban J connectivity index is 0. The molecular weight excluding hydrogens is 235 g/mol. The molecule has 1 rings (SSSR count). The first-order valence-electron chi connectivity index (χ1n) is 5.31. The van der Waals surface area contributed by atoms with Gasteiger partial charge < -0.3 is 14.9 Å². The molecule has 0 spiro atoms. The van der Waals surface area contributed by atoms with Crippen molar-refractivity contribution >= 4 is 24.8 Å². The second-order valence-electron chi connectivity index (χ2n) is 4.00. The fourth-order valence-corrected chi connectivity index (χ4v) is 1.61. The van der Waals surface area contributed by atoms with E-state index in [1.807, 2.05) is 6.92 Å². The lowest BCUT2D eigenvalue weighted by atomic mass is 10.2. The molecule has 1 aliphatic heterocycles. The molecule has 1 heterocycles. The molecular formula is C10H24Cl2N2O. The van der Waals surface area contributed by atoms with Crippen molar-refractivity contribution in [2.75, 3.05) is 39.8 Å². The third-order valence-electron chi connectivity index (χ3n) is 2.85. The van der Waals surface area contributed by atoms with E-state index in [2.05, 4.69) is 16.8 Å². The highest BCUT2D eigenvalue weighted by Gasteiger charge is 2.13. The smallest absolute Gasteiger partial charge is 0.0549 e. The Hall–Kier alpha value is 0.460. The van der Waals surface area contributed by atoms with E-state index in [-0.39, 0.29) is 30.9 Å². The quantitative estimate of drug-likeness (QED) is 0.823. The monoisotopic (exact) mass is 258 g/mol. The highest BCUT2D eigenvalue weighted by molar-refractivity contribution is 5.85. The van der Waals surface area contributed by atoms with Crippen LogP contribution in [-0.4, -0.2) is 60.8 Å². The minimum atomic E-state index is -0.0975. The van der Waals surface area contributed by atoms with Gasteiger partial charge in [-0.1, -0.05) is 6.92 Å². The summed E-state index contributed by atoms with van der Waals surface area (Å²) in [6, 6.07) is 0. The first-order chi connectivity index (χ1) is 6.22. The van der Waals surface area contributed by atoms with Crippen LogP contribution in [0, 0.1) is 0 Å². The number of likely N-dealkylation sites (N-methyl/N-ethyl adjacent to an activating group) is 1. The number of hydrogen-bond donors (Lipinski definition) is 1. The summed E-state index contributed by atoms with van der Waals surface area (Å²) in [5, 5.41) is 9.40. The predicted octanol–water partition coefficient (Wildman–Crippen LogP) is 1.24. The van der Waals surface area contributed by atoms with Crippen LogP contribution in [0.4, 0.5) is 0 Å². The number of nitrogens with zero attached hydrogens (tertiary/aromatic N) is 2. The Kier molecular flexibility index (Phi) is 11.5. The average Bonchev–Trinajstić information content (AvgIpc) is 2.16. The second-order valence-corrected chi connectivity index (χ2v) is 4.00. The van der Waals surface area contributed by atoms with Gasteiger partial charge in [-0.25, -0.2) is 0 Å². The van der Waals surface area contributed by atoms with E-state index in [1.54, 1.807) is 0 Å². The van der Waals surface area contributed by atoms with Crippen molar-refractivity contribution in [2.24, 2.45) is 0 Å². The van der Waals surface area contributed by atoms with Crippen LogP contribution in [0.1, 0.15) is 19.8 Å². The van der Waals surface area contributed by atoms with Crippen molar-refractivity contribution in [3.8, 4) is 0 Å². The molecule has 94 valence electrons. The lowest BCUT2D eigenvalue weighted by molar-refractivity contribution is 0.110. The van der Waals surface area contributed by atoms with Gasteiger partial charge in [0, 0.05) is 32.7 Å². The van der Waals surface area contributed by atoms with Crippen molar-refractivity contribution in [3.63, 3.8) is 0 Å². The van der Waals surface area contributed by atoms with Crippen molar-refractivity contribution in [1.82, 2.24) is 9.80 Å². The van der Waals surface area contributed by atoms with E-state index in [0.717, 1.165) is 32.5 Å². The summed E-state index contributed by atoms with van der Waals surface area (Å²) in [7, 11) is 2.16. The normalized spacial score (nSPS) is 20.2. The number of piperazine rings is 1. The maximum absolute atomic E-state index is 9.40. The summed E-state index contributed by atoms with van der Waals surface area (Å²) in [5.74, 6) is 0. The fraction of sp³-hybridized carbons (Fsp3) is 1.00. The van der Waals surface area contributed by atoms with Crippen LogP contribution >= 0.6 is 24.8 Å². The van der Waals surface area contributed by atoms with Crippen LogP contribution in [0.5, 0.6) is 0 Å². The number of aliphatic hydroxyl groups is 1. The van der Waals surface area contributed by atoms with E-state index in [9.17, 15) is 5.11 Å². The third-order valence-corrected chi connectivity index (χ3v) is 2.85. The molecule has 0 amide bonds. The molecule has 0 radical (unpaired) electrons. The Morgan fingerprint density at radius 1 is 1.13 bits per heavy atom. The van der Waals surface area contributed by atoms with Crippen molar-refractivity contribution in [3.05, 3.63) is 0 Å². The minimum absolute atomic E-state index is 0. The van der Waals surface area contributed by atoms with Gasteiger partial charge in [0.25, 0.3) is 0 Å². The number of aliphatic hydroxyl groups excluding tert-OH is 1. The largest absolute Gasteiger partial charge is 0.393 e. The van der Waals surface area contributed by atoms with E-state index in [1.165, 1.54) is 13.1 Å². The highest BCUT2D eigenvalue weighted by Crippen LogP contribution is 2.03. The molecule has 1 unspecified atom stereocenters. The zero-order valence-corrected chi connectivity index (χ0v) is 11.3. The molecule has 1 saturated heterocycles. The average molecular weight is 259 g/mol. The number of hydrogen-bond acceptors (Lipinski definition) is 3. The van der Waals surface area contributed by atoms with E-state index in [4.69, 9.17) is 0 Å². The molecule has 0 saturated carbocycles. The Morgan fingerprint density at radius 3 is 2.13 bits per heavy atom. The molecule has 1 atom stereocenters. The molecule has 1 fully saturated rings. The molecule has 1 N–H and O–H groups in total. The standard InChI is InChI=1S/C10H22N2O.2ClH/c1-3-10(13)4-5-12-8-6-11(2)7-9-12;;/h10,13H,3-9H2,1-2H3;2*1H. The molecule has 0 aromatic carbocycles. The van der Waals surface area contributed by atoms with Crippen molar-refractivity contribution < 1.29 is 5.11 Å². The Bertz CT molecular complexity index is 141. The topological polar surface area (TPSA) is 26.7 Å². The first kappa shape index (κ1) is 17.8. The van der Waals surface area contributed by atoms with Gasteiger partial charge in [0.05, 0.1) is 6.10 Å². The van der Waals surface area contributed by atoms with E-state index < -0.39 is 0 Å². The summed E-state index contributed by atoms with van der Waals surface area (Å²) in [6.07, 6.45) is 1.72. The van der Waals surface area contributed by atoms with Gasteiger partial charge in [0.1, 0.15) is 0 Å². The van der Waals surface area contributed by atoms with E-state index in [0.29, 0.717) is 0 Å². The van der Waals surface area contributed by atoms with Crippen LogP contribution in [0.15, 0.2) is 0 Å². The van der Waals surface area contributed by atoms with Gasteiger partial charge in [-0.2, -0.15) is 0 Å². The molecule has 0 aromatic rings. The first-order valence-corrected chi connectivity index (χ1v) is 5.31. The molecule has 5 heteroatoms. The molecule has 1 aliphatic rings. The summed E-state index contributed by atoms with van der Waals surface area (Å²) in [6.45, 7) is 7.75. The number of rotatable bonds is 4. The Labute approximate surface area is 106 Å². The van der Waals surface area contributed by atoms with Crippen LogP contribution in [-0.2, 0) is 0 Å². The van der Waals surface area contributed by atoms with Gasteiger partial charge >= 0.3 is 0 Å². The fourth-order valence-electron chi connectivity index (χ4n) is 1.61. The van der Waals surface area contributed by atoms with Crippen LogP contribution in [0.3, 0.4) is 0 Å². The van der Waals surface area contributed by atoms with Gasteiger partial charge in [0.15, 0.2) is 0 Å². The third kappa shape index (κ3) is 7.36. The molecule has 0 bridgehead atoms. The maximum Gasteiger partial charge on any atom is 0.0549 e. The Morgan fingerprint density at radius 2 is 1.67 bits per heavy atom. The zero-order chi connectivity index (χ0) is 9.68. The maximum atomic E-state index is 9.40. The van der Waals surface area contributed by atoms with E-state index >= 15 is 0 Å². The molecule has 0 aromatic heterocycles. The second kappa shape index (κ2) is 9.67. The van der Waals surface area contributed by atoms with Crippen LogP contribution in [0.2, 0.25) is 0 Å². The van der Waals surface area contributed by atoms with Crippen molar-refractivity contribution in [1.29, 1.82) is 0 Å². The molecule has 0 aliphatic carbocycles. The molecule has 3 nitrogen and oxygen atoms in total. The lowest BCUT2D eigenvalue weighted by Gasteiger charge is -2.32. The van der Waals surface area contributed by atoms with Gasteiger partial charge in [-0.15, -0.1) is 24.8 Å². The summed E-state index contributed by atoms with van der Waals surface area (Å²) < 4.78 is 0. The SMILES string of the molecule is CCC(O)CCN1CCN(C)CC1.Cl.Cl. The van der Waals surface area contributed by atoms with Gasteiger partial charge in [-0.3, -0.25) is 0 Å². The summed E-state index contributed by atoms with van der Waals surface area (Å²) >= 11 is 0.